The number of nitrogens with one attached hydrogen (secondary N) is 3. The Kier molecular flexibility index (Phi) is 4.47. The minimum atomic E-state index is -0.688. The zero-order valence-corrected chi connectivity index (χ0v) is 16.0. The SMILES string of the molecule is CC(=N)/C(C)=C1\C(=N)Oc2c(NCc3cccc(C4(O)CCC4)c3)ncnc21. The third-order valence-corrected chi connectivity index (χ3v) is 5.51. The van der Waals surface area contributed by atoms with Crippen molar-refractivity contribution in [2.75, 3.05) is 5.32 Å². The Hall–Kier alpha value is -3.06. The maximum absolute atomic E-state index is 10.6. The van der Waals surface area contributed by atoms with Crippen LogP contribution in [0.4, 0.5) is 5.82 Å². The van der Waals surface area contributed by atoms with E-state index in [1.54, 1.807) is 13.8 Å². The van der Waals surface area contributed by atoms with Crippen molar-refractivity contribution in [1.82, 2.24) is 9.97 Å². The van der Waals surface area contributed by atoms with Gasteiger partial charge in [0.15, 0.2) is 11.6 Å². The number of aliphatic hydroxyl groups is 1. The van der Waals surface area contributed by atoms with Crippen LogP contribution in [0.2, 0.25) is 0 Å². The number of benzene rings is 1. The number of rotatable bonds is 5. The summed E-state index contributed by atoms with van der Waals surface area (Å²) in [5.41, 5.74) is 3.38. The lowest BCUT2D eigenvalue weighted by atomic mass is 9.75. The molecule has 1 fully saturated rings. The first kappa shape index (κ1) is 18.3. The third kappa shape index (κ3) is 3.07. The molecule has 7 heteroatoms. The van der Waals surface area contributed by atoms with Crippen LogP contribution in [0.5, 0.6) is 5.75 Å². The Morgan fingerprint density at radius 1 is 1.29 bits per heavy atom. The van der Waals surface area contributed by atoms with E-state index in [0.29, 0.717) is 40.7 Å². The first-order chi connectivity index (χ1) is 13.4. The van der Waals surface area contributed by atoms with Gasteiger partial charge in [-0.2, -0.15) is 0 Å². The van der Waals surface area contributed by atoms with Crippen molar-refractivity contribution in [3.05, 3.63) is 53.0 Å². The lowest BCUT2D eigenvalue weighted by molar-refractivity contribution is -0.0388. The summed E-state index contributed by atoms with van der Waals surface area (Å²) in [7, 11) is 0. The highest BCUT2D eigenvalue weighted by Crippen LogP contribution is 2.41. The molecule has 0 unspecified atom stereocenters. The van der Waals surface area contributed by atoms with Gasteiger partial charge in [0.1, 0.15) is 12.0 Å². The van der Waals surface area contributed by atoms with Crippen LogP contribution >= 0.6 is 0 Å². The molecule has 1 aliphatic heterocycles. The summed E-state index contributed by atoms with van der Waals surface area (Å²) in [6.07, 6.45) is 4.10. The highest BCUT2D eigenvalue weighted by Gasteiger charge is 2.36. The predicted molar refractivity (Wildman–Crippen MR) is 108 cm³/mol. The molecular formula is C21H23N5O2. The van der Waals surface area contributed by atoms with E-state index in [0.717, 1.165) is 30.4 Å². The normalized spacial score (nSPS) is 18.8. The lowest BCUT2D eigenvalue weighted by Crippen LogP contribution is -2.33. The van der Waals surface area contributed by atoms with Gasteiger partial charge in [0.2, 0.25) is 5.90 Å². The molecule has 2 heterocycles. The van der Waals surface area contributed by atoms with Crippen molar-refractivity contribution < 1.29 is 9.84 Å². The van der Waals surface area contributed by atoms with Gasteiger partial charge in [-0.3, -0.25) is 5.41 Å². The Bertz CT molecular complexity index is 1010. The van der Waals surface area contributed by atoms with E-state index in [9.17, 15) is 5.11 Å². The summed E-state index contributed by atoms with van der Waals surface area (Å²) in [5.74, 6) is 0.904. The molecule has 0 amide bonds. The van der Waals surface area contributed by atoms with Crippen LogP contribution < -0.4 is 10.1 Å². The minimum absolute atomic E-state index is 0.0168. The van der Waals surface area contributed by atoms with Crippen LogP contribution in [0.25, 0.3) is 5.57 Å². The average Bonchev–Trinajstić information content (AvgIpc) is 3.00. The molecule has 0 radical (unpaired) electrons. The molecule has 1 saturated carbocycles. The van der Waals surface area contributed by atoms with Gasteiger partial charge in [-0.15, -0.1) is 0 Å². The zero-order chi connectivity index (χ0) is 19.9. The van der Waals surface area contributed by atoms with Crippen LogP contribution in [0.3, 0.4) is 0 Å². The molecule has 0 spiro atoms. The molecule has 1 aromatic carbocycles. The monoisotopic (exact) mass is 377 g/mol. The fraction of sp³-hybridized carbons (Fsp3) is 0.333. The highest BCUT2D eigenvalue weighted by molar-refractivity contribution is 6.28. The van der Waals surface area contributed by atoms with Crippen LogP contribution in [0.15, 0.2) is 36.2 Å². The van der Waals surface area contributed by atoms with Gasteiger partial charge in [0.05, 0.1) is 11.2 Å². The molecular weight excluding hydrogens is 354 g/mol. The Labute approximate surface area is 163 Å². The van der Waals surface area contributed by atoms with Crippen LogP contribution in [-0.4, -0.2) is 26.7 Å². The molecule has 0 saturated heterocycles. The number of anilines is 1. The summed E-state index contributed by atoms with van der Waals surface area (Å²) in [6, 6.07) is 7.94. The summed E-state index contributed by atoms with van der Waals surface area (Å²) in [4.78, 5) is 8.54. The smallest absolute Gasteiger partial charge is 0.222 e. The second kappa shape index (κ2) is 6.83. The third-order valence-electron chi connectivity index (χ3n) is 5.51. The van der Waals surface area contributed by atoms with E-state index in [-0.39, 0.29) is 5.90 Å². The highest BCUT2D eigenvalue weighted by atomic mass is 16.5. The van der Waals surface area contributed by atoms with Gasteiger partial charge in [0.25, 0.3) is 0 Å². The largest absolute Gasteiger partial charge is 0.433 e. The summed E-state index contributed by atoms with van der Waals surface area (Å²) in [6.45, 7) is 3.97. The van der Waals surface area contributed by atoms with Crippen molar-refractivity contribution >= 4 is 23.0 Å². The fourth-order valence-electron chi connectivity index (χ4n) is 3.53. The maximum Gasteiger partial charge on any atom is 0.222 e. The minimum Gasteiger partial charge on any atom is -0.433 e. The van der Waals surface area contributed by atoms with Gasteiger partial charge in [-0.05, 0) is 49.8 Å². The van der Waals surface area contributed by atoms with Crippen molar-refractivity contribution in [3.63, 3.8) is 0 Å². The molecule has 2 aromatic rings. The number of nitrogens with zero attached hydrogens (tertiary/aromatic N) is 2. The topological polar surface area (TPSA) is 115 Å². The molecule has 1 aliphatic carbocycles. The fourth-order valence-corrected chi connectivity index (χ4v) is 3.53. The number of hydrogen-bond acceptors (Lipinski definition) is 7. The molecule has 0 bridgehead atoms. The first-order valence-electron chi connectivity index (χ1n) is 9.33. The number of aromatic nitrogens is 2. The number of fused-ring (bicyclic) bond motifs is 1. The molecule has 4 rings (SSSR count). The molecule has 2 aliphatic rings. The Morgan fingerprint density at radius 2 is 2.07 bits per heavy atom. The summed E-state index contributed by atoms with van der Waals surface area (Å²) >= 11 is 0. The van der Waals surface area contributed by atoms with Gasteiger partial charge >= 0.3 is 0 Å². The first-order valence-corrected chi connectivity index (χ1v) is 9.33. The van der Waals surface area contributed by atoms with Crippen molar-refractivity contribution in [2.45, 2.75) is 45.3 Å². The molecule has 144 valence electrons. The predicted octanol–water partition coefficient (Wildman–Crippen LogP) is 3.64. The number of ether oxygens (including phenoxy) is 1. The van der Waals surface area contributed by atoms with Crippen molar-refractivity contribution in [2.24, 2.45) is 0 Å². The average molecular weight is 377 g/mol. The van der Waals surface area contributed by atoms with Gasteiger partial charge in [0, 0.05) is 12.3 Å². The molecule has 7 nitrogen and oxygen atoms in total. The molecule has 28 heavy (non-hydrogen) atoms. The van der Waals surface area contributed by atoms with Crippen molar-refractivity contribution in [3.8, 4) is 5.75 Å². The van der Waals surface area contributed by atoms with E-state index in [1.165, 1.54) is 6.33 Å². The Morgan fingerprint density at radius 3 is 2.75 bits per heavy atom. The van der Waals surface area contributed by atoms with Gasteiger partial charge < -0.3 is 20.6 Å². The Balaban J connectivity index is 1.58. The second-order valence-electron chi connectivity index (χ2n) is 7.40. The van der Waals surface area contributed by atoms with E-state index >= 15 is 0 Å². The molecule has 4 N–H and O–H groups in total. The lowest BCUT2D eigenvalue weighted by Gasteiger charge is -2.37. The summed E-state index contributed by atoms with van der Waals surface area (Å²) in [5, 5.41) is 29.8. The number of allylic oxidation sites excluding steroid dienone is 1. The van der Waals surface area contributed by atoms with Crippen LogP contribution in [0.1, 0.15) is 49.9 Å². The standard InChI is InChI=1S/C21H23N5O2/c1-12(13(2)22)16-17-18(28-19(16)23)20(26-11-25-17)24-10-14-5-3-6-15(9-14)21(27)7-4-8-21/h3,5-6,9,11,22-23,27H,4,7-8,10H2,1-2H3,(H,24,25,26)/b16-12-,22-13?,23-19?. The van der Waals surface area contributed by atoms with E-state index in [1.807, 2.05) is 24.3 Å². The van der Waals surface area contributed by atoms with E-state index in [2.05, 4.69) is 15.3 Å². The van der Waals surface area contributed by atoms with E-state index in [4.69, 9.17) is 15.6 Å². The van der Waals surface area contributed by atoms with Gasteiger partial charge in [-0.25, -0.2) is 9.97 Å². The molecule has 1 aromatic heterocycles. The summed E-state index contributed by atoms with van der Waals surface area (Å²) < 4.78 is 5.62. The molecule has 0 atom stereocenters. The maximum atomic E-state index is 10.6. The van der Waals surface area contributed by atoms with Crippen molar-refractivity contribution in [1.29, 1.82) is 10.8 Å². The van der Waals surface area contributed by atoms with Crippen LogP contribution in [-0.2, 0) is 12.1 Å². The quantitative estimate of drug-likeness (QED) is 0.594. The number of hydrogen-bond donors (Lipinski definition) is 4. The zero-order valence-electron chi connectivity index (χ0n) is 16.0. The second-order valence-corrected chi connectivity index (χ2v) is 7.40. The van der Waals surface area contributed by atoms with E-state index < -0.39 is 5.60 Å². The van der Waals surface area contributed by atoms with Gasteiger partial charge in [-0.1, -0.05) is 24.3 Å². The van der Waals surface area contributed by atoms with Crippen LogP contribution in [0, 0.1) is 10.8 Å².